The highest BCUT2D eigenvalue weighted by atomic mass is 16.3. The molecule has 0 aliphatic carbocycles. The van der Waals surface area contributed by atoms with Crippen molar-refractivity contribution in [1.29, 1.82) is 0 Å². The van der Waals surface area contributed by atoms with Gasteiger partial charge in [-0.15, -0.1) is 0 Å². The zero-order chi connectivity index (χ0) is 28.3. The fourth-order valence-electron chi connectivity index (χ4n) is 5.11. The Hall–Kier alpha value is -0.690. The molecule has 6 nitrogen and oxygen atoms in total. The summed E-state index contributed by atoms with van der Waals surface area (Å²) in [6, 6.07) is -0.975. The monoisotopic (exact) mass is 543 g/mol. The van der Waals surface area contributed by atoms with Gasteiger partial charge in [0.15, 0.2) is 0 Å². The summed E-state index contributed by atoms with van der Waals surface area (Å²) in [5.41, 5.74) is 0. The zero-order valence-corrected chi connectivity index (χ0v) is 25.2. The van der Waals surface area contributed by atoms with Crippen LogP contribution in [0.15, 0.2) is 0 Å². The normalized spacial score (nSPS) is 14.8. The van der Waals surface area contributed by atoms with Gasteiger partial charge in [0.05, 0.1) is 18.8 Å². The highest BCUT2D eigenvalue weighted by Gasteiger charge is 2.28. The molecule has 6 heteroatoms. The Morgan fingerprint density at radius 1 is 0.553 bits per heavy atom. The van der Waals surface area contributed by atoms with Gasteiger partial charge in [0.1, 0.15) is 12.2 Å². The molecule has 228 valence electrons. The average molecular weight is 544 g/mol. The second-order valence-electron chi connectivity index (χ2n) is 11.5. The third-order valence-electron chi connectivity index (χ3n) is 7.82. The summed E-state index contributed by atoms with van der Waals surface area (Å²) in [4.78, 5) is 12.4. The van der Waals surface area contributed by atoms with Crippen LogP contribution >= 0.6 is 0 Å². The van der Waals surface area contributed by atoms with Gasteiger partial charge in [-0.05, 0) is 12.8 Å². The van der Waals surface area contributed by atoms with Gasteiger partial charge < -0.3 is 25.7 Å². The number of aliphatic hydroxyl groups excluding tert-OH is 4. The first-order valence-corrected chi connectivity index (χ1v) is 16.4. The van der Waals surface area contributed by atoms with E-state index in [1.807, 2.05) is 0 Å². The highest BCUT2D eigenvalue weighted by Crippen LogP contribution is 2.15. The Balaban J connectivity index is 3.86. The highest BCUT2D eigenvalue weighted by molar-refractivity contribution is 5.80. The number of rotatable bonds is 29. The van der Waals surface area contributed by atoms with Gasteiger partial charge in [-0.2, -0.15) is 0 Å². The lowest BCUT2D eigenvalue weighted by Gasteiger charge is -2.27. The first kappa shape index (κ1) is 37.3. The lowest BCUT2D eigenvalue weighted by molar-refractivity contribution is -0.132. The lowest BCUT2D eigenvalue weighted by atomic mass is 9.99. The van der Waals surface area contributed by atoms with Crippen molar-refractivity contribution in [3.63, 3.8) is 0 Å². The summed E-state index contributed by atoms with van der Waals surface area (Å²) in [6.45, 7) is 3.99. The van der Waals surface area contributed by atoms with Crippen molar-refractivity contribution in [1.82, 2.24) is 5.32 Å². The van der Waals surface area contributed by atoms with Gasteiger partial charge in [0, 0.05) is 0 Å². The van der Waals surface area contributed by atoms with Crippen molar-refractivity contribution in [3.05, 3.63) is 0 Å². The third kappa shape index (κ3) is 22.2. The minimum Gasteiger partial charge on any atom is -0.394 e. The first-order chi connectivity index (χ1) is 18.5. The molecule has 0 unspecified atom stereocenters. The number of carbonyl (C=O) groups excluding carboxylic acids is 1. The van der Waals surface area contributed by atoms with E-state index in [0.29, 0.717) is 12.8 Å². The standard InChI is InChI=1S/C32H65NO5/c1-3-5-7-9-11-13-15-16-18-20-22-24-26-30(36)32(38)33-28(27-34)31(37)29(35)25-23-21-19-17-14-12-10-8-6-4-2/h28-31,34-37H,3-27H2,1-2H3,(H,33,38)/t28-,29+,30+,31-/m0/s1. The lowest BCUT2D eigenvalue weighted by Crippen LogP contribution is -2.53. The minimum atomic E-state index is -1.25. The number of unbranched alkanes of at least 4 members (excludes halogenated alkanes) is 20. The van der Waals surface area contributed by atoms with Crippen LogP contribution in [0.4, 0.5) is 0 Å². The van der Waals surface area contributed by atoms with E-state index in [9.17, 15) is 25.2 Å². The maximum atomic E-state index is 12.4. The number of nitrogens with one attached hydrogen (secondary N) is 1. The number of hydrogen-bond donors (Lipinski definition) is 5. The fraction of sp³-hybridized carbons (Fsp3) is 0.969. The quantitative estimate of drug-likeness (QED) is 0.0656. The van der Waals surface area contributed by atoms with E-state index in [-0.39, 0.29) is 0 Å². The number of hydrogen-bond acceptors (Lipinski definition) is 5. The molecule has 0 saturated carbocycles. The minimum absolute atomic E-state index is 0.374. The molecule has 5 N–H and O–H groups in total. The molecule has 0 bridgehead atoms. The molecule has 0 heterocycles. The Morgan fingerprint density at radius 2 is 0.895 bits per heavy atom. The first-order valence-electron chi connectivity index (χ1n) is 16.4. The number of carbonyl (C=O) groups is 1. The molecule has 0 spiro atoms. The van der Waals surface area contributed by atoms with E-state index < -0.39 is 36.9 Å². The maximum Gasteiger partial charge on any atom is 0.249 e. The molecule has 0 aromatic carbocycles. The van der Waals surface area contributed by atoms with Crippen molar-refractivity contribution in [3.8, 4) is 0 Å². The molecule has 0 fully saturated rings. The van der Waals surface area contributed by atoms with Crippen LogP contribution in [0.5, 0.6) is 0 Å². The van der Waals surface area contributed by atoms with E-state index in [1.165, 1.54) is 103 Å². The summed E-state index contributed by atoms with van der Waals surface area (Å²) < 4.78 is 0. The van der Waals surface area contributed by atoms with Crippen LogP contribution in [0, 0.1) is 0 Å². The van der Waals surface area contributed by atoms with E-state index >= 15 is 0 Å². The second kappa shape index (κ2) is 27.9. The molecule has 0 radical (unpaired) electrons. The van der Waals surface area contributed by atoms with Gasteiger partial charge >= 0.3 is 0 Å². The predicted octanol–water partition coefficient (Wildman–Crippen LogP) is 6.95. The van der Waals surface area contributed by atoms with Crippen molar-refractivity contribution in [2.45, 2.75) is 192 Å². The van der Waals surface area contributed by atoms with Crippen molar-refractivity contribution >= 4 is 5.91 Å². The van der Waals surface area contributed by atoms with E-state index in [1.54, 1.807) is 0 Å². The second-order valence-corrected chi connectivity index (χ2v) is 11.5. The number of amides is 1. The average Bonchev–Trinajstić information content (AvgIpc) is 2.92. The van der Waals surface area contributed by atoms with E-state index in [0.717, 1.165) is 38.5 Å². The van der Waals surface area contributed by atoms with Crippen LogP contribution in [0.25, 0.3) is 0 Å². The third-order valence-corrected chi connectivity index (χ3v) is 7.82. The zero-order valence-electron chi connectivity index (χ0n) is 25.2. The molecule has 0 aliphatic heterocycles. The maximum absolute atomic E-state index is 12.4. The predicted molar refractivity (Wildman–Crippen MR) is 159 cm³/mol. The molecule has 0 rings (SSSR count). The molecule has 4 atom stereocenters. The van der Waals surface area contributed by atoms with Crippen LogP contribution in [0.3, 0.4) is 0 Å². The van der Waals surface area contributed by atoms with Crippen LogP contribution < -0.4 is 5.32 Å². The van der Waals surface area contributed by atoms with Crippen molar-refractivity contribution < 1.29 is 25.2 Å². The summed E-state index contributed by atoms with van der Waals surface area (Å²) in [5.74, 6) is -0.586. The van der Waals surface area contributed by atoms with Crippen LogP contribution in [0.1, 0.15) is 168 Å². The van der Waals surface area contributed by atoms with Crippen LogP contribution in [0.2, 0.25) is 0 Å². The van der Waals surface area contributed by atoms with Crippen molar-refractivity contribution in [2.75, 3.05) is 6.61 Å². The molecule has 0 aromatic heterocycles. The Morgan fingerprint density at radius 3 is 1.26 bits per heavy atom. The van der Waals surface area contributed by atoms with Gasteiger partial charge in [0.25, 0.3) is 0 Å². The number of aliphatic hydroxyl groups is 4. The van der Waals surface area contributed by atoms with E-state index in [4.69, 9.17) is 0 Å². The largest absolute Gasteiger partial charge is 0.394 e. The Labute approximate surface area is 235 Å². The molecule has 38 heavy (non-hydrogen) atoms. The van der Waals surface area contributed by atoms with Crippen molar-refractivity contribution in [2.24, 2.45) is 0 Å². The van der Waals surface area contributed by atoms with Gasteiger partial charge in [0.2, 0.25) is 5.91 Å². The summed E-state index contributed by atoms with van der Waals surface area (Å²) in [6.07, 6.45) is 24.1. The fourth-order valence-corrected chi connectivity index (χ4v) is 5.11. The molecule has 0 saturated heterocycles. The van der Waals surface area contributed by atoms with Gasteiger partial charge in [-0.3, -0.25) is 4.79 Å². The Kier molecular flexibility index (Phi) is 27.4. The summed E-state index contributed by atoms with van der Waals surface area (Å²) >= 11 is 0. The summed E-state index contributed by atoms with van der Waals surface area (Å²) in [5, 5.41) is 43.2. The molecular weight excluding hydrogens is 478 g/mol. The molecular formula is C32H65NO5. The SMILES string of the molecule is CCCCCCCCCCCCCC[C@@H](O)C(=O)N[C@@H](CO)[C@H](O)[C@H](O)CCCCCCCCCCCC. The van der Waals surface area contributed by atoms with Gasteiger partial charge in [-0.25, -0.2) is 0 Å². The van der Waals surface area contributed by atoms with Crippen LogP contribution in [-0.2, 0) is 4.79 Å². The van der Waals surface area contributed by atoms with Crippen LogP contribution in [-0.4, -0.2) is 57.3 Å². The summed E-state index contributed by atoms with van der Waals surface area (Å²) in [7, 11) is 0. The molecule has 0 aliphatic rings. The molecule has 1 amide bonds. The van der Waals surface area contributed by atoms with Gasteiger partial charge in [-0.1, -0.05) is 155 Å². The molecule has 0 aromatic rings. The smallest absolute Gasteiger partial charge is 0.249 e. The Bertz CT molecular complexity index is 504. The topological polar surface area (TPSA) is 110 Å². The van der Waals surface area contributed by atoms with E-state index in [2.05, 4.69) is 19.2 Å².